The molecule has 4 N–H and O–H groups in total. The van der Waals surface area contributed by atoms with E-state index >= 15 is 0 Å². The number of aliphatic carboxylic acids is 2. The summed E-state index contributed by atoms with van der Waals surface area (Å²) in [6, 6.07) is 9.55. The fourth-order valence-corrected chi connectivity index (χ4v) is 1.00. The van der Waals surface area contributed by atoms with Crippen LogP contribution in [0.4, 0.5) is 5.88 Å². The molecule has 2 aromatic rings. The van der Waals surface area contributed by atoms with Gasteiger partial charge < -0.3 is 20.4 Å². The summed E-state index contributed by atoms with van der Waals surface area (Å²) >= 11 is 0. The Morgan fingerprint density at radius 1 is 1.12 bits per heavy atom. The number of benzene rings is 1. The number of fused-ring (bicyclic) bond motifs is 1. The molecule has 0 saturated carbocycles. The first-order chi connectivity index (χ1) is 7.50. The predicted octanol–water partition coefficient (Wildman–Crippen LogP) is 1.17. The Morgan fingerprint density at radius 3 is 2.19 bits per heavy atom. The molecule has 0 spiro atoms. The van der Waals surface area contributed by atoms with Crippen molar-refractivity contribution in [2.24, 2.45) is 0 Å². The molecule has 6 nitrogen and oxygen atoms in total. The van der Waals surface area contributed by atoms with E-state index in [2.05, 4.69) is 0 Å². The molecule has 84 valence electrons. The van der Waals surface area contributed by atoms with Crippen LogP contribution in [0.3, 0.4) is 0 Å². The SMILES string of the molecule is Nc1cc2ccccc2o1.O=C(O)C(=O)O. The van der Waals surface area contributed by atoms with E-state index in [-0.39, 0.29) is 0 Å². The molecule has 0 aliphatic heterocycles. The second-order valence-electron chi connectivity index (χ2n) is 2.80. The van der Waals surface area contributed by atoms with Gasteiger partial charge in [0.05, 0.1) is 0 Å². The minimum Gasteiger partial charge on any atom is -0.473 e. The molecular weight excluding hydrogens is 214 g/mol. The normalized spacial score (nSPS) is 9.25. The summed E-state index contributed by atoms with van der Waals surface area (Å²) in [5.74, 6) is -3.17. The quantitative estimate of drug-likeness (QED) is 0.577. The van der Waals surface area contributed by atoms with E-state index in [9.17, 15) is 0 Å². The lowest BCUT2D eigenvalue weighted by Crippen LogP contribution is -2.09. The topological polar surface area (TPSA) is 114 Å². The first-order valence-corrected chi connectivity index (χ1v) is 4.21. The number of anilines is 1. The van der Waals surface area contributed by atoms with Gasteiger partial charge in [-0.1, -0.05) is 18.2 Å². The van der Waals surface area contributed by atoms with Crippen LogP contribution in [-0.2, 0) is 9.59 Å². The van der Waals surface area contributed by atoms with Gasteiger partial charge in [0.2, 0.25) is 0 Å². The van der Waals surface area contributed by atoms with Gasteiger partial charge in [-0.25, -0.2) is 9.59 Å². The van der Waals surface area contributed by atoms with Crippen molar-refractivity contribution in [1.29, 1.82) is 0 Å². The van der Waals surface area contributed by atoms with Gasteiger partial charge in [-0.15, -0.1) is 0 Å². The minimum atomic E-state index is -1.82. The maximum atomic E-state index is 9.10. The van der Waals surface area contributed by atoms with Crippen molar-refractivity contribution in [3.8, 4) is 0 Å². The number of nitrogens with two attached hydrogens (primary N) is 1. The molecule has 1 aromatic heterocycles. The van der Waals surface area contributed by atoms with E-state index in [1.165, 1.54) is 0 Å². The van der Waals surface area contributed by atoms with Crippen LogP contribution in [0, 0.1) is 0 Å². The summed E-state index contributed by atoms with van der Waals surface area (Å²) in [4.78, 5) is 18.2. The summed E-state index contributed by atoms with van der Waals surface area (Å²) in [5, 5.41) is 15.8. The van der Waals surface area contributed by atoms with Crippen molar-refractivity contribution in [3.05, 3.63) is 30.3 Å². The Hall–Kier alpha value is -2.50. The van der Waals surface area contributed by atoms with Gasteiger partial charge in [-0.05, 0) is 6.07 Å². The molecule has 0 radical (unpaired) electrons. The fraction of sp³-hybridized carbons (Fsp3) is 0. The third-order valence-electron chi connectivity index (χ3n) is 1.63. The number of rotatable bonds is 0. The molecule has 0 aliphatic carbocycles. The van der Waals surface area contributed by atoms with Gasteiger partial charge in [0.25, 0.3) is 0 Å². The Morgan fingerprint density at radius 2 is 1.69 bits per heavy atom. The maximum absolute atomic E-state index is 9.10. The molecule has 1 aromatic carbocycles. The molecule has 2 rings (SSSR count). The molecule has 0 aliphatic rings. The second-order valence-corrected chi connectivity index (χ2v) is 2.80. The molecule has 0 amide bonds. The summed E-state index contributed by atoms with van der Waals surface area (Å²) in [6.45, 7) is 0. The Kier molecular flexibility index (Phi) is 3.49. The highest BCUT2D eigenvalue weighted by atomic mass is 16.4. The van der Waals surface area contributed by atoms with Crippen LogP contribution in [0.5, 0.6) is 0 Å². The number of carboxylic acid groups (broad SMARTS) is 2. The minimum absolute atomic E-state index is 0.473. The average Bonchev–Trinajstić information content (AvgIpc) is 2.58. The molecule has 0 saturated heterocycles. The zero-order valence-corrected chi connectivity index (χ0v) is 8.08. The third kappa shape index (κ3) is 3.02. The molecule has 6 heteroatoms. The lowest BCUT2D eigenvalue weighted by Gasteiger charge is -1.81. The Bertz CT molecular complexity index is 472. The average molecular weight is 223 g/mol. The van der Waals surface area contributed by atoms with Crippen LogP contribution >= 0.6 is 0 Å². The number of nitrogen functional groups attached to an aromatic ring is 1. The van der Waals surface area contributed by atoms with Crippen LogP contribution in [0.15, 0.2) is 34.7 Å². The van der Waals surface area contributed by atoms with Crippen molar-refractivity contribution in [2.45, 2.75) is 0 Å². The van der Waals surface area contributed by atoms with Crippen LogP contribution in [-0.4, -0.2) is 22.2 Å². The maximum Gasteiger partial charge on any atom is 0.414 e. The molecule has 1 heterocycles. The van der Waals surface area contributed by atoms with E-state index in [1.54, 1.807) is 0 Å². The van der Waals surface area contributed by atoms with Crippen molar-refractivity contribution >= 4 is 28.8 Å². The van der Waals surface area contributed by atoms with E-state index < -0.39 is 11.9 Å². The summed E-state index contributed by atoms with van der Waals surface area (Å²) in [7, 11) is 0. The monoisotopic (exact) mass is 223 g/mol. The lowest BCUT2D eigenvalue weighted by atomic mass is 10.3. The van der Waals surface area contributed by atoms with Gasteiger partial charge in [0.15, 0.2) is 5.88 Å². The van der Waals surface area contributed by atoms with Crippen LogP contribution in [0.1, 0.15) is 0 Å². The highest BCUT2D eigenvalue weighted by molar-refractivity contribution is 6.27. The molecule has 0 unspecified atom stereocenters. The highest BCUT2D eigenvalue weighted by Crippen LogP contribution is 2.19. The number of carboxylic acids is 2. The summed E-state index contributed by atoms with van der Waals surface area (Å²) in [5.41, 5.74) is 6.27. The lowest BCUT2D eigenvalue weighted by molar-refractivity contribution is -0.159. The second kappa shape index (κ2) is 4.83. The molecule has 0 atom stereocenters. The zero-order chi connectivity index (χ0) is 12.1. The smallest absolute Gasteiger partial charge is 0.414 e. The van der Waals surface area contributed by atoms with E-state index in [1.807, 2.05) is 30.3 Å². The van der Waals surface area contributed by atoms with E-state index in [0.29, 0.717) is 5.88 Å². The zero-order valence-electron chi connectivity index (χ0n) is 8.08. The van der Waals surface area contributed by atoms with Gasteiger partial charge in [-0.3, -0.25) is 0 Å². The standard InChI is InChI=1S/C8H7NO.C2H2O4/c9-8-5-6-3-1-2-4-7(6)10-8;3-1(4)2(5)6/h1-5H,9H2;(H,3,4)(H,5,6). The number of furan rings is 1. The number of hydrogen-bond acceptors (Lipinski definition) is 4. The van der Waals surface area contributed by atoms with Crippen molar-refractivity contribution in [3.63, 3.8) is 0 Å². The fourth-order valence-electron chi connectivity index (χ4n) is 1.00. The molecule has 0 bridgehead atoms. The van der Waals surface area contributed by atoms with Gasteiger partial charge in [-0.2, -0.15) is 0 Å². The molecular formula is C10H9NO5. The summed E-state index contributed by atoms with van der Waals surface area (Å²) < 4.78 is 5.15. The number of hydrogen-bond donors (Lipinski definition) is 3. The van der Waals surface area contributed by atoms with Crippen LogP contribution < -0.4 is 5.73 Å². The first-order valence-electron chi connectivity index (χ1n) is 4.21. The first kappa shape index (κ1) is 11.6. The Balaban J connectivity index is 0.000000187. The van der Waals surface area contributed by atoms with Crippen molar-refractivity contribution in [2.75, 3.05) is 5.73 Å². The van der Waals surface area contributed by atoms with Gasteiger partial charge >= 0.3 is 11.9 Å². The molecule has 16 heavy (non-hydrogen) atoms. The van der Waals surface area contributed by atoms with Crippen molar-refractivity contribution < 1.29 is 24.2 Å². The molecule has 0 fully saturated rings. The number of para-hydroxylation sites is 1. The number of carbonyl (C=O) groups is 2. The summed E-state index contributed by atoms with van der Waals surface area (Å²) in [6.07, 6.45) is 0. The third-order valence-corrected chi connectivity index (χ3v) is 1.63. The van der Waals surface area contributed by atoms with Gasteiger partial charge in [0, 0.05) is 11.5 Å². The van der Waals surface area contributed by atoms with Crippen LogP contribution in [0.25, 0.3) is 11.0 Å². The van der Waals surface area contributed by atoms with Crippen LogP contribution in [0.2, 0.25) is 0 Å². The van der Waals surface area contributed by atoms with E-state index in [4.69, 9.17) is 30.0 Å². The van der Waals surface area contributed by atoms with Crippen molar-refractivity contribution in [1.82, 2.24) is 0 Å². The predicted molar refractivity (Wildman–Crippen MR) is 55.9 cm³/mol. The highest BCUT2D eigenvalue weighted by Gasteiger charge is 2.04. The van der Waals surface area contributed by atoms with E-state index in [0.717, 1.165) is 11.0 Å². The Labute approximate surface area is 89.9 Å². The van der Waals surface area contributed by atoms with Gasteiger partial charge in [0.1, 0.15) is 5.58 Å². The largest absolute Gasteiger partial charge is 0.473 e.